The highest BCUT2D eigenvalue weighted by Crippen LogP contribution is 2.41. The molecule has 0 aliphatic rings. The molecule has 0 fully saturated rings. The van der Waals surface area contributed by atoms with Gasteiger partial charge in [-0.25, -0.2) is 17.6 Å². The van der Waals surface area contributed by atoms with Gasteiger partial charge >= 0.3 is 18.3 Å². The highest BCUT2D eigenvalue weighted by Gasteiger charge is 2.63. The van der Waals surface area contributed by atoms with Gasteiger partial charge in [-0.15, -0.1) is 0 Å². The van der Waals surface area contributed by atoms with Crippen LogP contribution < -0.4 is 0 Å². The Morgan fingerprint density at radius 1 is 0.867 bits per heavy atom. The van der Waals surface area contributed by atoms with Crippen LogP contribution in [0.1, 0.15) is 6.42 Å². The predicted octanol–water partition coefficient (Wildman–Crippen LogP) is 3.42. The zero-order valence-corrected chi connectivity index (χ0v) is 7.17. The molecule has 0 amide bonds. The summed E-state index contributed by atoms with van der Waals surface area (Å²) in [7, 11) is 0. The Bertz CT molecular complexity index is 201. The zero-order valence-electron chi connectivity index (χ0n) is 7.17. The van der Waals surface area contributed by atoms with E-state index in [-0.39, 0.29) is 0 Å². The van der Waals surface area contributed by atoms with Gasteiger partial charge in [-0.1, -0.05) is 6.92 Å². The maximum absolute atomic E-state index is 12.5. The van der Waals surface area contributed by atoms with E-state index in [0.29, 0.717) is 0 Å². The maximum Gasteiger partial charge on any atom is 0.343 e. The van der Waals surface area contributed by atoms with Gasteiger partial charge in [0, 0.05) is 0 Å². The van der Waals surface area contributed by atoms with E-state index in [1.807, 2.05) is 0 Å². The average Bonchev–Trinajstić information content (AvgIpc) is 2.14. The molecule has 0 aliphatic heterocycles. The van der Waals surface area contributed by atoms with Crippen LogP contribution in [0, 0.1) is 6.92 Å². The van der Waals surface area contributed by atoms with Gasteiger partial charge in [0.25, 0.3) is 0 Å². The normalized spacial score (nSPS) is 18.0. The molecule has 0 aromatic rings. The summed E-state index contributed by atoms with van der Waals surface area (Å²) in [6.45, 7) is 2.61. The monoisotopic (exact) mass is 243 g/mol. The Labute approximate surface area is 80.3 Å². The molecule has 0 aromatic heterocycles. The Morgan fingerprint density at radius 2 is 1.27 bits per heavy atom. The fraction of sp³-hybridized carbons (Fsp3) is 0.857. The highest BCUT2D eigenvalue weighted by atomic mass is 19.3. The van der Waals surface area contributed by atoms with Crippen LogP contribution in [0.4, 0.5) is 35.1 Å². The molecular weight excluding hydrogens is 236 g/mol. The minimum Gasteiger partial charge on any atom is -0.241 e. The van der Waals surface area contributed by atoms with Gasteiger partial charge in [0.15, 0.2) is 6.17 Å². The molecule has 2 atom stereocenters. The Morgan fingerprint density at radius 3 is 1.53 bits per heavy atom. The van der Waals surface area contributed by atoms with Gasteiger partial charge in [-0.2, -0.15) is 17.6 Å². The Balaban J connectivity index is 4.90. The molecule has 0 spiro atoms. The van der Waals surface area contributed by atoms with Crippen LogP contribution in [0.25, 0.3) is 0 Å². The first-order valence-corrected chi connectivity index (χ1v) is 3.69. The first-order chi connectivity index (χ1) is 6.58. The molecule has 0 saturated heterocycles. The molecule has 0 aromatic carbocycles. The number of rotatable bonds is 5. The van der Waals surface area contributed by atoms with Gasteiger partial charge in [0.05, 0.1) is 0 Å². The first-order valence-electron chi connectivity index (χ1n) is 3.69. The molecule has 0 nitrogen and oxygen atoms in total. The summed E-state index contributed by atoms with van der Waals surface area (Å²) in [6, 6.07) is 0. The Kier molecular flexibility index (Phi) is 4.36. The number of hydrogen-bond donors (Lipinski definition) is 0. The van der Waals surface area contributed by atoms with E-state index in [1.165, 1.54) is 0 Å². The molecule has 0 aliphatic carbocycles. The van der Waals surface area contributed by atoms with E-state index in [1.54, 1.807) is 0 Å². The van der Waals surface area contributed by atoms with E-state index in [2.05, 4.69) is 6.92 Å². The second kappa shape index (κ2) is 4.52. The molecule has 0 N–H and O–H groups in total. The lowest BCUT2D eigenvalue weighted by atomic mass is 10.0. The van der Waals surface area contributed by atoms with Gasteiger partial charge in [-0.3, -0.25) is 0 Å². The molecule has 0 rings (SSSR count). The smallest absolute Gasteiger partial charge is 0.241 e. The maximum atomic E-state index is 12.5. The van der Waals surface area contributed by atoms with Crippen molar-refractivity contribution in [3.8, 4) is 0 Å². The third-order valence-electron chi connectivity index (χ3n) is 1.64. The third-order valence-corrected chi connectivity index (χ3v) is 1.64. The standard InChI is InChI=1S/C7H7F8/c1-2-3(8)6(12,13)4(9)7(14,15)5(10)11/h3-5H,1-2H2/t3?,4-/m0/s1. The summed E-state index contributed by atoms with van der Waals surface area (Å²) in [5.41, 5.74) is 0. The predicted molar refractivity (Wildman–Crippen MR) is 35.7 cm³/mol. The fourth-order valence-corrected chi connectivity index (χ4v) is 0.718. The van der Waals surface area contributed by atoms with E-state index >= 15 is 0 Å². The SMILES string of the molecule is [CH2]CC(F)C(F)(F)[C@H](F)C(F)(F)C(F)F. The molecular formula is C7H7F8. The highest BCUT2D eigenvalue weighted by molar-refractivity contribution is 4.94. The summed E-state index contributed by atoms with van der Waals surface area (Å²) in [4.78, 5) is 0. The van der Waals surface area contributed by atoms with Crippen LogP contribution in [0.15, 0.2) is 0 Å². The van der Waals surface area contributed by atoms with Crippen LogP contribution >= 0.6 is 0 Å². The van der Waals surface area contributed by atoms with Crippen LogP contribution in [0.3, 0.4) is 0 Å². The largest absolute Gasteiger partial charge is 0.343 e. The summed E-state index contributed by atoms with van der Waals surface area (Å²) >= 11 is 0. The van der Waals surface area contributed by atoms with Crippen LogP contribution in [-0.4, -0.2) is 30.6 Å². The lowest BCUT2D eigenvalue weighted by Crippen LogP contribution is -2.52. The second-order valence-corrected chi connectivity index (χ2v) is 2.77. The minimum atomic E-state index is -5.59. The molecule has 1 unspecified atom stereocenters. The van der Waals surface area contributed by atoms with Gasteiger partial charge in [0.2, 0.25) is 6.17 Å². The van der Waals surface area contributed by atoms with Gasteiger partial charge in [-0.05, 0) is 6.42 Å². The Hall–Kier alpha value is -0.560. The van der Waals surface area contributed by atoms with Crippen LogP contribution in [-0.2, 0) is 0 Å². The molecule has 0 heterocycles. The van der Waals surface area contributed by atoms with E-state index in [0.717, 1.165) is 0 Å². The summed E-state index contributed by atoms with van der Waals surface area (Å²) < 4.78 is 96.9. The number of hydrogen-bond acceptors (Lipinski definition) is 0. The van der Waals surface area contributed by atoms with E-state index in [4.69, 9.17) is 0 Å². The molecule has 0 saturated carbocycles. The molecule has 8 heteroatoms. The van der Waals surface area contributed by atoms with E-state index < -0.39 is 37.0 Å². The van der Waals surface area contributed by atoms with Crippen molar-refractivity contribution in [1.29, 1.82) is 0 Å². The lowest BCUT2D eigenvalue weighted by Gasteiger charge is -2.28. The van der Waals surface area contributed by atoms with Crippen molar-refractivity contribution in [2.45, 2.75) is 37.0 Å². The number of alkyl halides is 8. The minimum absolute atomic E-state index is 1.20. The molecule has 91 valence electrons. The van der Waals surface area contributed by atoms with Crippen molar-refractivity contribution in [3.63, 3.8) is 0 Å². The van der Waals surface area contributed by atoms with E-state index in [9.17, 15) is 35.1 Å². The van der Waals surface area contributed by atoms with Crippen molar-refractivity contribution in [3.05, 3.63) is 6.92 Å². The number of halogens is 8. The van der Waals surface area contributed by atoms with Crippen molar-refractivity contribution < 1.29 is 35.1 Å². The average molecular weight is 243 g/mol. The zero-order chi connectivity index (χ0) is 12.4. The van der Waals surface area contributed by atoms with Crippen molar-refractivity contribution in [2.75, 3.05) is 0 Å². The van der Waals surface area contributed by atoms with Crippen LogP contribution in [0.5, 0.6) is 0 Å². The summed E-state index contributed by atoms with van der Waals surface area (Å²) in [5, 5.41) is 0. The van der Waals surface area contributed by atoms with Crippen LogP contribution in [0.2, 0.25) is 0 Å². The third kappa shape index (κ3) is 2.72. The second-order valence-electron chi connectivity index (χ2n) is 2.77. The quantitative estimate of drug-likeness (QED) is 0.649. The summed E-state index contributed by atoms with van der Waals surface area (Å²) in [5.74, 6) is -10.8. The van der Waals surface area contributed by atoms with Gasteiger partial charge in [0.1, 0.15) is 0 Å². The molecule has 1 radical (unpaired) electrons. The lowest BCUT2D eigenvalue weighted by molar-refractivity contribution is -0.246. The van der Waals surface area contributed by atoms with Crippen molar-refractivity contribution >= 4 is 0 Å². The van der Waals surface area contributed by atoms with Gasteiger partial charge < -0.3 is 0 Å². The molecule has 0 bridgehead atoms. The van der Waals surface area contributed by atoms with Crippen molar-refractivity contribution in [1.82, 2.24) is 0 Å². The fourth-order valence-electron chi connectivity index (χ4n) is 0.718. The first kappa shape index (κ1) is 14.4. The van der Waals surface area contributed by atoms with Crippen molar-refractivity contribution in [2.24, 2.45) is 0 Å². The summed E-state index contributed by atoms with van der Waals surface area (Å²) in [6.07, 6.45) is -13.7. The topological polar surface area (TPSA) is 0 Å². The molecule has 15 heavy (non-hydrogen) atoms.